The molecular weight excluding hydrogens is 240 g/mol. The van der Waals surface area contributed by atoms with Gasteiger partial charge < -0.3 is 15.6 Å². The van der Waals surface area contributed by atoms with Gasteiger partial charge in [0.2, 0.25) is 0 Å². The lowest BCUT2D eigenvalue weighted by molar-refractivity contribution is -0.0111. The van der Waals surface area contributed by atoms with Gasteiger partial charge in [-0.15, -0.1) is 0 Å². The number of nitrogens with zero attached hydrogens (tertiary/aromatic N) is 1. The van der Waals surface area contributed by atoms with Crippen LogP contribution in [0.1, 0.15) is 18.4 Å². The molecule has 0 amide bonds. The Morgan fingerprint density at radius 2 is 2.16 bits per heavy atom. The third-order valence-electron chi connectivity index (χ3n) is 4.22. The highest BCUT2D eigenvalue weighted by atomic mass is 16.5. The van der Waals surface area contributed by atoms with E-state index in [9.17, 15) is 5.11 Å². The van der Waals surface area contributed by atoms with Gasteiger partial charge in [-0.2, -0.15) is 0 Å². The number of fused-ring (bicyclic) bond motifs is 1. The zero-order valence-electron chi connectivity index (χ0n) is 11.2. The van der Waals surface area contributed by atoms with Gasteiger partial charge in [0.05, 0.1) is 5.60 Å². The highest BCUT2D eigenvalue weighted by molar-refractivity contribution is 5.33. The van der Waals surface area contributed by atoms with Crippen molar-refractivity contribution in [1.29, 1.82) is 0 Å². The number of rotatable bonds is 4. The zero-order chi connectivity index (χ0) is 13.3. The molecule has 2 aliphatic rings. The van der Waals surface area contributed by atoms with Crippen LogP contribution < -0.4 is 10.5 Å². The maximum absolute atomic E-state index is 10.6. The second-order valence-corrected chi connectivity index (χ2v) is 5.75. The summed E-state index contributed by atoms with van der Waals surface area (Å²) in [5.74, 6) is 1.35. The van der Waals surface area contributed by atoms with Gasteiger partial charge in [-0.25, -0.2) is 0 Å². The van der Waals surface area contributed by atoms with Crippen LogP contribution in [0.15, 0.2) is 24.3 Å². The van der Waals surface area contributed by atoms with Crippen LogP contribution in [-0.2, 0) is 6.54 Å². The first kappa shape index (κ1) is 12.9. The normalized spacial score (nSPS) is 23.1. The van der Waals surface area contributed by atoms with E-state index in [1.807, 2.05) is 18.2 Å². The fraction of sp³-hybridized carbons (Fsp3) is 0.600. The fourth-order valence-corrected chi connectivity index (χ4v) is 2.88. The molecule has 3 N–H and O–H groups in total. The Morgan fingerprint density at radius 1 is 1.37 bits per heavy atom. The Balaban J connectivity index is 1.72. The van der Waals surface area contributed by atoms with Crippen LogP contribution in [0.2, 0.25) is 0 Å². The van der Waals surface area contributed by atoms with Crippen molar-refractivity contribution in [1.82, 2.24) is 4.90 Å². The van der Waals surface area contributed by atoms with Gasteiger partial charge in [-0.05, 0) is 24.8 Å². The molecule has 19 heavy (non-hydrogen) atoms. The lowest BCUT2D eigenvalue weighted by Crippen LogP contribution is -2.50. The number of hydrogen-bond donors (Lipinski definition) is 2. The van der Waals surface area contributed by atoms with E-state index in [1.165, 1.54) is 5.56 Å². The van der Waals surface area contributed by atoms with Crippen molar-refractivity contribution in [2.24, 2.45) is 11.7 Å². The smallest absolute Gasteiger partial charge is 0.123 e. The maximum atomic E-state index is 10.6. The van der Waals surface area contributed by atoms with Crippen molar-refractivity contribution < 1.29 is 9.84 Å². The summed E-state index contributed by atoms with van der Waals surface area (Å²) in [4.78, 5) is 2.26. The molecule has 1 aromatic rings. The van der Waals surface area contributed by atoms with Crippen LogP contribution in [-0.4, -0.2) is 41.8 Å². The van der Waals surface area contributed by atoms with Crippen LogP contribution in [0.4, 0.5) is 0 Å². The molecule has 0 saturated heterocycles. The summed E-state index contributed by atoms with van der Waals surface area (Å²) in [6, 6.07) is 8.12. The predicted octanol–water partition coefficient (Wildman–Crippen LogP) is 0.981. The topological polar surface area (TPSA) is 58.7 Å². The molecule has 4 nitrogen and oxygen atoms in total. The first-order valence-electron chi connectivity index (χ1n) is 7.07. The van der Waals surface area contributed by atoms with E-state index in [4.69, 9.17) is 10.5 Å². The van der Waals surface area contributed by atoms with Gasteiger partial charge in [-0.3, -0.25) is 4.90 Å². The quantitative estimate of drug-likeness (QED) is 0.849. The van der Waals surface area contributed by atoms with Crippen molar-refractivity contribution in [2.75, 3.05) is 26.2 Å². The number of aliphatic hydroxyl groups is 1. The van der Waals surface area contributed by atoms with Gasteiger partial charge >= 0.3 is 0 Å². The maximum Gasteiger partial charge on any atom is 0.123 e. The number of hydrogen-bond acceptors (Lipinski definition) is 4. The monoisotopic (exact) mass is 262 g/mol. The Kier molecular flexibility index (Phi) is 3.48. The Morgan fingerprint density at radius 3 is 2.89 bits per heavy atom. The average Bonchev–Trinajstić information content (AvgIpc) is 3.25. The first-order valence-corrected chi connectivity index (χ1v) is 7.07. The fourth-order valence-electron chi connectivity index (χ4n) is 2.88. The molecule has 1 aromatic carbocycles. The summed E-state index contributed by atoms with van der Waals surface area (Å²) in [6.07, 6.45) is 2.21. The van der Waals surface area contributed by atoms with E-state index in [2.05, 4.69) is 11.0 Å². The van der Waals surface area contributed by atoms with Crippen molar-refractivity contribution in [3.63, 3.8) is 0 Å². The molecule has 0 spiro atoms. The molecule has 1 fully saturated rings. The van der Waals surface area contributed by atoms with Gasteiger partial charge in [0.15, 0.2) is 0 Å². The lowest BCUT2D eigenvalue weighted by Gasteiger charge is -2.32. The number of para-hydroxylation sites is 1. The van der Waals surface area contributed by atoms with Gasteiger partial charge in [0.25, 0.3) is 0 Å². The highest BCUT2D eigenvalue weighted by Crippen LogP contribution is 2.40. The van der Waals surface area contributed by atoms with Crippen LogP contribution in [0, 0.1) is 5.92 Å². The first-order chi connectivity index (χ1) is 9.21. The largest absolute Gasteiger partial charge is 0.492 e. The number of ether oxygens (including phenoxy) is 1. The third kappa shape index (κ3) is 2.76. The second-order valence-electron chi connectivity index (χ2n) is 5.75. The van der Waals surface area contributed by atoms with Crippen LogP contribution in [0.5, 0.6) is 5.75 Å². The number of β-amino-alcohol motifs (C(OH)–C–C–N with tert-alkyl or cyclic N) is 1. The van der Waals surface area contributed by atoms with E-state index >= 15 is 0 Å². The predicted molar refractivity (Wildman–Crippen MR) is 73.9 cm³/mol. The van der Waals surface area contributed by atoms with Crippen molar-refractivity contribution in [3.8, 4) is 5.75 Å². The van der Waals surface area contributed by atoms with Gasteiger partial charge in [0.1, 0.15) is 12.4 Å². The minimum atomic E-state index is -0.723. The van der Waals surface area contributed by atoms with Crippen molar-refractivity contribution in [3.05, 3.63) is 29.8 Å². The molecule has 4 heteroatoms. The summed E-state index contributed by atoms with van der Waals surface area (Å²) >= 11 is 0. The number of benzene rings is 1. The molecule has 0 aromatic heterocycles. The van der Waals surface area contributed by atoms with Crippen LogP contribution >= 0.6 is 0 Å². The van der Waals surface area contributed by atoms with Crippen LogP contribution in [0.25, 0.3) is 0 Å². The Hall–Kier alpha value is -1.10. The molecule has 1 heterocycles. The van der Waals surface area contributed by atoms with Crippen LogP contribution in [0.3, 0.4) is 0 Å². The van der Waals surface area contributed by atoms with E-state index in [0.29, 0.717) is 25.6 Å². The second kappa shape index (κ2) is 5.12. The third-order valence-corrected chi connectivity index (χ3v) is 4.22. The summed E-state index contributed by atoms with van der Waals surface area (Å²) in [7, 11) is 0. The molecule has 0 bridgehead atoms. The average molecular weight is 262 g/mol. The van der Waals surface area contributed by atoms with Gasteiger partial charge in [-0.1, -0.05) is 18.2 Å². The summed E-state index contributed by atoms with van der Waals surface area (Å²) < 4.78 is 5.75. The molecule has 1 saturated carbocycles. The molecule has 1 aliphatic carbocycles. The standard InChI is InChI=1S/C15H22N2O2/c16-10-15(18,13-5-6-13)11-17-7-8-19-14-4-2-1-3-12(14)9-17/h1-4,13,18H,5-11,16H2. The summed E-state index contributed by atoms with van der Waals surface area (Å²) in [6.45, 7) is 3.32. The van der Waals surface area contributed by atoms with E-state index < -0.39 is 5.60 Å². The highest BCUT2D eigenvalue weighted by Gasteiger charge is 2.43. The van der Waals surface area contributed by atoms with E-state index in [0.717, 1.165) is 31.7 Å². The van der Waals surface area contributed by atoms with Gasteiger partial charge in [0, 0.05) is 31.7 Å². The zero-order valence-corrected chi connectivity index (χ0v) is 11.2. The van der Waals surface area contributed by atoms with Crippen molar-refractivity contribution in [2.45, 2.75) is 25.0 Å². The number of nitrogens with two attached hydrogens (primary N) is 1. The molecule has 3 rings (SSSR count). The van der Waals surface area contributed by atoms with E-state index in [1.54, 1.807) is 0 Å². The lowest BCUT2D eigenvalue weighted by atomic mass is 9.97. The molecular formula is C15H22N2O2. The molecule has 104 valence electrons. The summed E-state index contributed by atoms with van der Waals surface area (Å²) in [5.41, 5.74) is 6.26. The Bertz CT molecular complexity index is 448. The van der Waals surface area contributed by atoms with Crippen molar-refractivity contribution >= 4 is 0 Å². The molecule has 1 unspecified atom stereocenters. The van der Waals surface area contributed by atoms with E-state index in [-0.39, 0.29) is 0 Å². The summed E-state index contributed by atoms with van der Waals surface area (Å²) in [5, 5.41) is 10.6. The SMILES string of the molecule is NCC(O)(CN1CCOc2ccccc2C1)C1CC1. The molecule has 0 radical (unpaired) electrons. The minimum Gasteiger partial charge on any atom is -0.492 e. The Labute approximate surface area is 114 Å². The molecule has 1 aliphatic heterocycles. The molecule has 1 atom stereocenters. The minimum absolute atomic E-state index is 0.344.